The van der Waals surface area contributed by atoms with Crippen LogP contribution in [0, 0.1) is 5.82 Å². The Morgan fingerprint density at radius 3 is 2.05 bits per heavy atom. The molecule has 2 nitrogen and oxygen atoms in total. The van der Waals surface area contributed by atoms with E-state index in [1.165, 1.54) is 24.1 Å². The van der Waals surface area contributed by atoms with E-state index >= 15 is 0 Å². The third-order valence-corrected chi connectivity index (χ3v) is 3.41. The third kappa shape index (κ3) is 5.84. The topological polar surface area (TPSA) is 52.0 Å². The van der Waals surface area contributed by atoms with Gasteiger partial charge < -0.3 is 11.5 Å². The van der Waals surface area contributed by atoms with Gasteiger partial charge in [-0.2, -0.15) is 0 Å². The molecule has 1 aliphatic carbocycles. The summed E-state index contributed by atoms with van der Waals surface area (Å²) in [6, 6.07) is 17.3. The molecule has 0 aromatic heterocycles. The molecule has 4 heteroatoms. The minimum absolute atomic E-state index is 0. The second-order valence-electron chi connectivity index (χ2n) is 5.08. The van der Waals surface area contributed by atoms with Gasteiger partial charge in [0.15, 0.2) is 0 Å². The van der Waals surface area contributed by atoms with Gasteiger partial charge >= 0.3 is 0 Å². The first kappa shape index (κ1) is 17.6. The van der Waals surface area contributed by atoms with Crippen LogP contribution in [0.3, 0.4) is 0 Å². The SMILES string of the molecule is Cl.NCCc1ccc(F)cc1.N[C@H]1C[C@@H]1c1ccccc1. The summed E-state index contributed by atoms with van der Waals surface area (Å²) in [5, 5.41) is 0. The van der Waals surface area contributed by atoms with Crippen molar-refractivity contribution in [1.82, 2.24) is 0 Å². The highest BCUT2D eigenvalue weighted by molar-refractivity contribution is 5.85. The van der Waals surface area contributed by atoms with E-state index in [1.54, 1.807) is 12.1 Å². The van der Waals surface area contributed by atoms with E-state index in [2.05, 4.69) is 24.3 Å². The highest BCUT2D eigenvalue weighted by Gasteiger charge is 2.34. The summed E-state index contributed by atoms with van der Waals surface area (Å²) < 4.78 is 12.3. The highest BCUT2D eigenvalue weighted by Crippen LogP contribution is 2.38. The van der Waals surface area contributed by atoms with Gasteiger partial charge in [0.25, 0.3) is 0 Å². The molecule has 2 aromatic carbocycles. The van der Waals surface area contributed by atoms with Crippen molar-refractivity contribution in [3.05, 3.63) is 71.5 Å². The van der Waals surface area contributed by atoms with Gasteiger partial charge in [-0.05, 0) is 42.6 Å². The lowest BCUT2D eigenvalue weighted by atomic mass is 10.1. The van der Waals surface area contributed by atoms with Crippen LogP contribution >= 0.6 is 12.4 Å². The van der Waals surface area contributed by atoms with Crippen molar-refractivity contribution in [1.29, 1.82) is 0 Å². The number of benzene rings is 2. The molecule has 0 amide bonds. The normalized spacial score (nSPS) is 19.0. The Balaban J connectivity index is 0.000000200. The van der Waals surface area contributed by atoms with Gasteiger partial charge in [0.1, 0.15) is 5.82 Å². The quantitative estimate of drug-likeness (QED) is 0.914. The van der Waals surface area contributed by atoms with Crippen LogP contribution in [0.25, 0.3) is 0 Å². The molecule has 3 rings (SSSR count). The van der Waals surface area contributed by atoms with E-state index in [0.717, 1.165) is 12.0 Å². The maximum absolute atomic E-state index is 12.3. The largest absolute Gasteiger partial charge is 0.330 e. The van der Waals surface area contributed by atoms with Crippen LogP contribution in [0.5, 0.6) is 0 Å². The van der Waals surface area contributed by atoms with Gasteiger partial charge in [0, 0.05) is 12.0 Å². The zero-order valence-electron chi connectivity index (χ0n) is 11.9. The smallest absolute Gasteiger partial charge is 0.123 e. The number of hydrogen-bond donors (Lipinski definition) is 2. The molecule has 2 atom stereocenters. The molecule has 0 saturated heterocycles. The Bertz CT molecular complexity index is 516. The molecule has 21 heavy (non-hydrogen) atoms. The number of rotatable bonds is 3. The first-order valence-corrected chi connectivity index (χ1v) is 6.95. The van der Waals surface area contributed by atoms with Crippen LogP contribution in [0.15, 0.2) is 54.6 Å². The summed E-state index contributed by atoms with van der Waals surface area (Å²) in [7, 11) is 0. The van der Waals surface area contributed by atoms with E-state index < -0.39 is 0 Å². The Labute approximate surface area is 131 Å². The second kappa shape index (κ2) is 8.78. The zero-order chi connectivity index (χ0) is 14.4. The van der Waals surface area contributed by atoms with Crippen molar-refractivity contribution in [3.63, 3.8) is 0 Å². The molecule has 0 aliphatic heterocycles. The molecule has 0 unspecified atom stereocenters. The first-order chi connectivity index (χ1) is 9.70. The molecular formula is C17H22ClFN2. The Kier molecular flexibility index (Phi) is 7.37. The Morgan fingerprint density at radius 2 is 1.57 bits per heavy atom. The molecule has 4 N–H and O–H groups in total. The second-order valence-corrected chi connectivity index (χ2v) is 5.08. The van der Waals surface area contributed by atoms with Gasteiger partial charge in [0.2, 0.25) is 0 Å². The van der Waals surface area contributed by atoms with Gasteiger partial charge in [-0.3, -0.25) is 0 Å². The summed E-state index contributed by atoms with van der Waals surface area (Å²) in [4.78, 5) is 0. The Hall–Kier alpha value is -1.42. The van der Waals surface area contributed by atoms with E-state index in [1.807, 2.05) is 6.07 Å². The number of halogens is 2. The lowest BCUT2D eigenvalue weighted by Gasteiger charge is -1.95. The van der Waals surface area contributed by atoms with Crippen LogP contribution in [0.1, 0.15) is 23.5 Å². The Morgan fingerprint density at radius 1 is 1.00 bits per heavy atom. The van der Waals surface area contributed by atoms with E-state index in [-0.39, 0.29) is 18.2 Å². The van der Waals surface area contributed by atoms with Gasteiger partial charge in [-0.25, -0.2) is 4.39 Å². The molecule has 1 saturated carbocycles. The minimum atomic E-state index is -0.194. The fourth-order valence-electron chi connectivity index (χ4n) is 2.12. The fraction of sp³-hybridized carbons (Fsp3) is 0.294. The van der Waals surface area contributed by atoms with Crippen LogP contribution in [-0.4, -0.2) is 12.6 Å². The monoisotopic (exact) mass is 308 g/mol. The summed E-state index contributed by atoms with van der Waals surface area (Å²) in [6.45, 7) is 0.617. The number of hydrogen-bond acceptors (Lipinski definition) is 2. The average Bonchev–Trinajstić information content (AvgIpc) is 3.21. The van der Waals surface area contributed by atoms with Crippen molar-refractivity contribution >= 4 is 12.4 Å². The first-order valence-electron chi connectivity index (χ1n) is 6.95. The van der Waals surface area contributed by atoms with E-state index in [4.69, 9.17) is 11.5 Å². The van der Waals surface area contributed by atoms with Crippen molar-refractivity contribution in [2.24, 2.45) is 11.5 Å². The van der Waals surface area contributed by atoms with Crippen LogP contribution in [0.4, 0.5) is 4.39 Å². The summed E-state index contributed by atoms with van der Waals surface area (Å²) in [6.07, 6.45) is 1.99. The summed E-state index contributed by atoms with van der Waals surface area (Å²) in [5.41, 5.74) is 13.5. The van der Waals surface area contributed by atoms with Crippen molar-refractivity contribution < 1.29 is 4.39 Å². The highest BCUT2D eigenvalue weighted by atomic mass is 35.5. The van der Waals surface area contributed by atoms with Gasteiger partial charge in [-0.15, -0.1) is 12.4 Å². The fourth-order valence-corrected chi connectivity index (χ4v) is 2.12. The average molecular weight is 309 g/mol. The van der Waals surface area contributed by atoms with Crippen LogP contribution in [0.2, 0.25) is 0 Å². The molecule has 0 bridgehead atoms. The summed E-state index contributed by atoms with van der Waals surface area (Å²) >= 11 is 0. The molecule has 0 heterocycles. The molecule has 2 aromatic rings. The molecule has 1 fully saturated rings. The van der Waals surface area contributed by atoms with Crippen molar-refractivity contribution in [3.8, 4) is 0 Å². The van der Waals surface area contributed by atoms with Crippen molar-refractivity contribution in [2.75, 3.05) is 6.54 Å². The maximum Gasteiger partial charge on any atom is 0.123 e. The number of nitrogens with two attached hydrogens (primary N) is 2. The maximum atomic E-state index is 12.3. The lowest BCUT2D eigenvalue weighted by Crippen LogP contribution is -2.02. The summed E-state index contributed by atoms with van der Waals surface area (Å²) in [5.74, 6) is 0.460. The van der Waals surface area contributed by atoms with Crippen LogP contribution < -0.4 is 11.5 Å². The van der Waals surface area contributed by atoms with Crippen molar-refractivity contribution in [2.45, 2.75) is 24.8 Å². The molecule has 0 spiro atoms. The predicted molar refractivity (Wildman–Crippen MR) is 88.2 cm³/mol. The van der Waals surface area contributed by atoms with E-state index in [0.29, 0.717) is 18.5 Å². The zero-order valence-corrected chi connectivity index (χ0v) is 12.7. The van der Waals surface area contributed by atoms with E-state index in [9.17, 15) is 4.39 Å². The molecular weight excluding hydrogens is 287 g/mol. The lowest BCUT2D eigenvalue weighted by molar-refractivity contribution is 0.627. The molecule has 1 aliphatic rings. The predicted octanol–water partition coefficient (Wildman–Crippen LogP) is 3.25. The molecule has 0 radical (unpaired) electrons. The van der Waals surface area contributed by atoms with Gasteiger partial charge in [-0.1, -0.05) is 42.5 Å². The molecule has 114 valence electrons. The van der Waals surface area contributed by atoms with Crippen LogP contribution in [-0.2, 0) is 6.42 Å². The van der Waals surface area contributed by atoms with Gasteiger partial charge in [0.05, 0.1) is 0 Å². The standard InChI is InChI=1S/C9H11N.C8H10FN.ClH/c10-9-6-8(9)7-4-2-1-3-5-7;9-8-3-1-7(2-4-8)5-6-10;/h1-5,8-9H,6,10H2;1-4H,5-6,10H2;1H/t8-,9+;;/m1../s1. The third-order valence-electron chi connectivity index (χ3n) is 3.41. The minimum Gasteiger partial charge on any atom is -0.330 e.